The molecule has 9 nitrogen and oxygen atoms in total. The number of carbonyl (C=O) groups excluding carboxylic acids is 1. The number of aromatic nitrogens is 5. The minimum Gasteiger partial charge on any atom is -0.383 e. The summed E-state index contributed by atoms with van der Waals surface area (Å²) in [5.41, 5.74) is 2.37. The standard InChI is InChI=1S/C21H21N7O2/c1-30-10-9-23-19(29)14-28-13-16(12-24-28)25-21-17-6-2-3-7-18(17)26-20(27-21)15-5-4-8-22-11-15/h2-8,11-13H,9-10,14H2,1H3,(H,23,29)(H,25,26,27). The number of methoxy groups -OCH3 is 1. The second-order valence-electron chi connectivity index (χ2n) is 6.55. The second-order valence-corrected chi connectivity index (χ2v) is 6.55. The molecule has 0 radical (unpaired) electrons. The second kappa shape index (κ2) is 9.10. The number of pyridine rings is 1. The van der Waals surface area contributed by atoms with Gasteiger partial charge in [0.15, 0.2) is 5.82 Å². The van der Waals surface area contributed by atoms with Gasteiger partial charge in [-0.05, 0) is 24.3 Å². The lowest BCUT2D eigenvalue weighted by molar-refractivity contribution is -0.122. The minimum absolute atomic E-state index is 0.122. The van der Waals surface area contributed by atoms with Crippen LogP contribution in [0.5, 0.6) is 0 Å². The molecule has 3 aromatic heterocycles. The average Bonchev–Trinajstić information content (AvgIpc) is 3.21. The van der Waals surface area contributed by atoms with Gasteiger partial charge in [0.05, 0.1) is 24.0 Å². The van der Waals surface area contributed by atoms with E-state index in [0.717, 1.165) is 22.2 Å². The molecule has 0 aliphatic rings. The molecule has 0 spiro atoms. The van der Waals surface area contributed by atoms with E-state index in [0.29, 0.717) is 24.8 Å². The van der Waals surface area contributed by atoms with Gasteiger partial charge in [0, 0.05) is 43.2 Å². The predicted octanol–water partition coefficient (Wildman–Crippen LogP) is 2.39. The lowest BCUT2D eigenvalue weighted by Gasteiger charge is -2.09. The molecule has 30 heavy (non-hydrogen) atoms. The van der Waals surface area contributed by atoms with E-state index in [-0.39, 0.29) is 12.5 Å². The first kappa shape index (κ1) is 19.5. The van der Waals surface area contributed by atoms with E-state index in [1.807, 2.05) is 36.4 Å². The molecule has 0 saturated heterocycles. The smallest absolute Gasteiger partial charge is 0.241 e. The van der Waals surface area contributed by atoms with Crippen LogP contribution in [0.15, 0.2) is 61.2 Å². The summed E-state index contributed by atoms with van der Waals surface area (Å²) >= 11 is 0. The van der Waals surface area contributed by atoms with E-state index in [1.165, 1.54) is 0 Å². The molecule has 4 rings (SSSR count). The number of rotatable bonds is 8. The fraction of sp³-hybridized carbons (Fsp3) is 0.190. The van der Waals surface area contributed by atoms with Crippen molar-refractivity contribution in [2.24, 2.45) is 0 Å². The number of fused-ring (bicyclic) bond motifs is 1. The molecule has 0 saturated carbocycles. The number of para-hydroxylation sites is 1. The molecule has 1 amide bonds. The van der Waals surface area contributed by atoms with E-state index in [4.69, 9.17) is 9.72 Å². The number of benzene rings is 1. The van der Waals surface area contributed by atoms with E-state index in [9.17, 15) is 4.79 Å². The maximum atomic E-state index is 12.0. The summed E-state index contributed by atoms with van der Waals surface area (Å²) < 4.78 is 6.49. The molecule has 0 unspecified atom stereocenters. The van der Waals surface area contributed by atoms with Crippen molar-refractivity contribution in [2.45, 2.75) is 6.54 Å². The summed E-state index contributed by atoms with van der Waals surface area (Å²) in [6.45, 7) is 1.06. The topological polar surface area (TPSA) is 107 Å². The van der Waals surface area contributed by atoms with Gasteiger partial charge in [0.2, 0.25) is 5.91 Å². The Kier molecular flexibility index (Phi) is 5.90. The van der Waals surface area contributed by atoms with Crippen LogP contribution in [0.4, 0.5) is 11.5 Å². The molecule has 0 fully saturated rings. The Bertz CT molecular complexity index is 1140. The maximum Gasteiger partial charge on any atom is 0.241 e. The number of amides is 1. The van der Waals surface area contributed by atoms with Gasteiger partial charge in [-0.15, -0.1) is 0 Å². The highest BCUT2D eigenvalue weighted by molar-refractivity contribution is 5.92. The van der Waals surface area contributed by atoms with E-state index < -0.39 is 0 Å². The molecule has 9 heteroatoms. The van der Waals surface area contributed by atoms with Crippen molar-refractivity contribution >= 4 is 28.3 Å². The van der Waals surface area contributed by atoms with Crippen LogP contribution in [0.25, 0.3) is 22.3 Å². The van der Waals surface area contributed by atoms with Gasteiger partial charge in [-0.25, -0.2) is 9.97 Å². The zero-order chi connectivity index (χ0) is 20.8. The first-order valence-electron chi connectivity index (χ1n) is 9.45. The van der Waals surface area contributed by atoms with Crippen molar-refractivity contribution in [3.63, 3.8) is 0 Å². The molecule has 0 bridgehead atoms. The van der Waals surface area contributed by atoms with Gasteiger partial charge in [-0.3, -0.25) is 14.5 Å². The largest absolute Gasteiger partial charge is 0.383 e. The van der Waals surface area contributed by atoms with Crippen LogP contribution >= 0.6 is 0 Å². The van der Waals surface area contributed by atoms with Crippen LogP contribution in [0.2, 0.25) is 0 Å². The molecule has 152 valence electrons. The number of anilines is 2. The van der Waals surface area contributed by atoms with Gasteiger partial charge >= 0.3 is 0 Å². The van der Waals surface area contributed by atoms with Gasteiger partial charge < -0.3 is 15.4 Å². The number of carbonyl (C=O) groups is 1. The van der Waals surface area contributed by atoms with Gasteiger partial charge in [-0.1, -0.05) is 12.1 Å². The summed E-state index contributed by atoms with van der Waals surface area (Å²) in [4.78, 5) is 25.5. The van der Waals surface area contributed by atoms with Crippen molar-refractivity contribution in [3.8, 4) is 11.4 Å². The van der Waals surface area contributed by atoms with Gasteiger partial charge in [-0.2, -0.15) is 5.10 Å². The monoisotopic (exact) mass is 403 g/mol. The fourth-order valence-corrected chi connectivity index (χ4v) is 2.94. The number of hydrogen-bond acceptors (Lipinski definition) is 7. The molecule has 1 aromatic carbocycles. The van der Waals surface area contributed by atoms with Crippen LogP contribution < -0.4 is 10.6 Å². The quantitative estimate of drug-likeness (QED) is 0.435. The Morgan fingerprint density at radius 1 is 1.13 bits per heavy atom. The van der Waals surface area contributed by atoms with Crippen LogP contribution in [0.3, 0.4) is 0 Å². The molecule has 0 aliphatic carbocycles. The maximum absolute atomic E-state index is 12.0. The molecular formula is C21H21N7O2. The Balaban J connectivity index is 1.57. The van der Waals surface area contributed by atoms with Crippen LogP contribution in [-0.4, -0.2) is 50.9 Å². The van der Waals surface area contributed by atoms with Crippen molar-refractivity contribution in [2.75, 3.05) is 25.6 Å². The molecule has 2 N–H and O–H groups in total. The highest BCUT2D eigenvalue weighted by Crippen LogP contribution is 2.26. The third kappa shape index (κ3) is 4.58. The minimum atomic E-state index is -0.131. The Hall–Kier alpha value is -3.85. The predicted molar refractivity (Wildman–Crippen MR) is 113 cm³/mol. The number of ether oxygens (including phenoxy) is 1. The lowest BCUT2D eigenvalue weighted by atomic mass is 10.2. The number of hydrogen-bond donors (Lipinski definition) is 2. The van der Waals surface area contributed by atoms with Gasteiger partial charge in [0.25, 0.3) is 0 Å². The van der Waals surface area contributed by atoms with E-state index >= 15 is 0 Å². The number of nitrogens with zero attached hydrogens (tertiary/aromatic N) is 5. The lowest BCUT2D eigenvalue weighted by Crippen LogP contribution is -2.30. The van der Waals surface area contributed by atoms with Crippen molar-refractivity contribution in [1.29, 1.82) is 0 Å². The third-order valence-electron chi connectivity index (χ3n) is 4.35. The first-order chi connectivity index (χ1) is 14.7. The molecule has 0 atom stereocenters. The fourth-order valence-electron chi connectivity index (χ4n) is 2.94. The molecule has 3 heterocycles. The van der Waals surface area contributed by atoms with Gasteiger partial charge in [0.1, 0.15) is 12.4 Å². The first-order valence-corrected chi connectivity index (χ1v) is 9.45. The Morgan fingerprint density at radius 3 is 2.87 bits per heavy atom. The highest BCUT2D eigenvalue weighted by Gasteiger charge is 2.11. The Labute approximate surface area is 173 Å². The van der Waals surface area contributed by atoms with Crippen molar-refractivity contribution < 1.29 is 9.53 Å². The third-order valence-corrected chi connectivity index (χ3v) is 4.35. The van der Waals surface area contributed by atoms with E-state index in [1.54, 1.807) is 36.6 Å². The number of nitrogens with one attached hydrogen (secondary N) is 2. The summed E-state index contributed by atoms with van der Waals surface area (Å²) in [6.07, 6.45) is 6.86. The van der Waals surface area contributed by atoms with Crippen LogP contribution in [0.1, 0.15) is 0 Å². The highest BCUT2D eigenvalue weighted by atomic mass is 16.5. The molecule has 0 aliphatic heterocycles. The Morgan fingerprint density at radius 2 is 2.03 bits per heavy atom. The molecule has 4 aromatic rings. The summed E-state index contributed by atoms with van der Waals surface area (Å²) in [5, 5.41) is 11.2. The average molecular weight is 403 g/mol. The summed E-state index contributed by atoms with van der Waals surface area (Å²) in [5.74, 6) is 1.10. The summed E-state index contributed by atoms with van der Waals surface area (Å²) in [6, 6.07) is 11.5. The zero-order valence-electron chi connectivity index (χ0n) is 16.4. The molecular weight excluding hydrogens is 382 g/mol. The van der Waals surface area contributed by atoms with Crippen LogP contribution in [0, 0.1) is 0 Å². The zero-order valence-corrected chi connectivity index (χ0v) is 16.4. The van der Waals surface area contributed by atoms with Crippen molar-refractivity contribution in [3.05, 3.63) is 61.2 Å². The summed E-state index contributed by atoms with van der Waals surface area (Å²) in [7, 11) is 1.59. The van der Waals surface area contributed by atoms with Crippen molar-refractivity contribution in [1.82, 2.24) is 30.0 Å². The van der Waals surface area contributed by atoms with Crippen LogP contribution in [-0.2, 0) is 16.1 Å². The SMILES string of the molecule is COCCNC(=O)Cn1cc(Nc2nc(-c3cccnc3)nc3ccccc23)cn1. The normalized spacial score (nSPS) is 10.8. The van der Waals surface area contributed by atoms with E-state index in [2.05, 4.69) is 25.7 Å².